The molecule has 2 rings (SSSR count). The Morgan fingerprint density at radius 3 is 2.68 bits per heavy atom. The van der Waals surface area contributed by atoms with Gasteiger partial charge < -0.3 is 10.1 Å². The fourth-order valence-electron chi connectivity index (χ4n) is 1.75. The van der Waals surface area contributed by atoms with Crippen LogP contribution in [0.4, 0.5) is 4.39 Å². The normalized spacial score (nSPS) is 10.5. The number of rotatable bonds is 4. The van der Waals surface area contributed by atoms with Gasteiger partial charge in [-0.1, -0.05) is 6.07 Å². The van der Waals surface area contributed by atoms with Gasteiger partial charge in [-0.15, -0.1) is 0 Å². The van der Waals surface area contributed by atoms with Gasteiger partial charge in [-0.25, -0.2) is 9.37 Å². The summed E-state index contributed by atoms with van der Waals surface area (Å²) < 4.78 is 19.6. The number of aryl methyl sites for hydroxylation is 2. The third kappa shape index (κ3) is 3.09. The van der Waals surface area contributed by atoms with Gasteiger partial charge in [-0.3, -0.25) is 0 Å². The number of hydrogen-bond donors (Lipinski definition) is 1. The van der Waals surface area contributed by atoms with Gasteiger partial charge >= 0.3 is 0 Å². The molecule has 0 radical (unpaired) electrons. The molecule has 0 saturated carbocycles. The van der Waals surface area contributed by atoms with Crippen LogP contribution in [0.2, 0.25) is 0 Å². The second-order valence-electron chi connectivity index (χ2n) is 4.47. The quantitative estimate of drug-likeness (QED) is 0.915. The molecule has 0 aliphatic carbocycles. The van der Waals surface area contributed by atoms with E-state index < -0.39 is 5.82 Å². The third-order valence-electron chi connectivity index (χ3n) is 3.00. The summed E-state index contributed by atoms with van der Waals surface area (Å²) in [6.45, 7) is 4.45. The number of halogens is 1. The van der Waals surface area contributed by atoms with Crippen LogP contribution in [-0.2, 0) is 6.54 Å². The molecule has 0 unspecified atom stereocenters. The Bertz CT molecular complexity index is 584. The number of nitrogens with zero attached hydrogens (tertiary/aromatic N) is 1. The maximum atomic E-state index is 14.1. The van der Waals surface area contributed by atoms with Crippen molar-refractivity contribution < 1.29 is 9.13 Å². The van der Waals surface area contributed by atoms with Crippen LogP contribution in [0.1, 0.15) is 16.7 Å². The highest BCUT2D eigenvalue weighted by Gasteiger charge is 2.11. The lowest BCUT2D eigenvalue weighted by molar-refractivity contribution is 0.417. The molecule has 0 fully saturated rings. The van der Waals surface area contributed by atoms with Crippen LogP contribution in [0.15, 0.2) is 30.5 Å². The number of benzene rings is 1. The van der Waals surface area contributed by atoms with E-state index in [1.54, 1.807) is 19.3 Å². The molecule has 0 aliphatic rings. The SMILES string of the molecule is CNCc1ccnc(Oc2ccc(C)c(C)c2)c1F. The van der Waals surface area contributed by atoms with E-state index in [1.807, 2.05) is 32.0 Å². The summed E-state index contributed by atoms with van der Waals surface area (Å²) in [7, 11) is 1.77. The minimum atomic E-state index is -0.421. The zero-order valence-electron chi connectivity index (χ0n) is 11.3. The van der Waals surface area contributed by atoms with E-state index in [2.05, 4.69) is 10.3 Å². The molecule has 19 heavy (non-hydrogen) atoms. The Kier molecular flexibility index (Phi) is 4.12. The Morgan fingerprint density at radius 1 is 1.21 bits per heavy atom. The Balaban J connectivity index is 2.27. The van der Waals surface area contributed by atoms with Gasteiger partial charge in [0.1, 0.15) is 5.75 Å². The van der Waals surface area contributed by atoms with Crippen LogP contribution in [0.25, 0.3) is 0 Å². The Hall–Kier alpha value is -1.94. The van der Waals surface area contributed by atoms with E-state index in [0.717, 1.165) is 5.56 Å². The van der Waals surface area contributed by atoms with Crippen molar-refractivity contribution in [2.75, 3.05) is 7.05 Å². The molecule has 3 nitrogen and oxygen atoms in total. The van der Waals surface area contributed by atoms with Crippen LogP contribution < -0.4 is 10.1 Å². The van der Waals surface area contributed by atoms with Crippen molar-refractivity contribution in [1.29, 1.82) is 0 Å². The van der Waals surface area contributed by atoms with Crippen LogP contribution in [0.3, 0.4) is 0 Å². The number of hydrogen-bond acceptors (Lipinski definition) is 3. The fourth-order valence-corrected chi connectivity index (χ4v) is 1.75. The monoisotopic (exact) mass is 260 g/mol. The standard InChI is InChI=1S/C15H17FN2O/c1-10-4-5-13(8-11(10)2)19-15-14(16)12(9-17-3)6-7-18-15/h4-8,17H,9H2,1-3H3. The zero-order valence-corrected chi connectivity index (χ0v) is 11.3. The molecule has 0 aliphatic heterocycles. The smallest absolute Gasteiger partial charge is 0.256 e. The van der Waals surface area contributed by atoms with Gasteiger partial charge in [0.2, 0.25) is 0 Å². The number of ether oxygens (including phenoxy) is 1. The maximum absolute atomic E-state index is 14.1. The van der Waals surface area contributed by atoms with Gasteiger partial charge in [-0.2, -0.15) is 0 Å². The van der Waals surface area contributed by atoms with Crippen LogP contribution >= 0.6 is 0 Å². The van der Waals surface area contributed by atoms with E-state index in [9.17, 15) is 4.39 Å². The predicted octanol–water partition coefficient (Wildman–Crippen LogP) is 3.35. The van der Waals surface area contributed by atoms with E-state index >= 15 is 0 Å². The lowest BCUT2D eigenvalue weighted by atomic mass is 10.1. The molecule has 1 N–H and O–H groups in total. The van der Waals surface area contributed by atoms with Crippen LogP contribution in [-0.4, -0.2) is 12.0 Å². The van der Waals surface area contributed by atoms with Gasteiger partial charge in [0.25, 0.3) is 5.88 Å². The molecule has 1 aromatic heterocycles. The van der Waals surface area contributed by atoms with E-state index in [-0.39, 0.29) is 5.88 Å². The highest BCUT2D eigenvalue weighted by Crippen LogP contribution is 2.25. The fraction of sp³-hybridized carbons (Fsp3) is 0.267. The molecular weight excluding hydrogens is 243 g/mol. The summed E-state index contributed by atoms with van der Waals surface area (Å²) in [4.78, 5) is 3.94. The maximum Gasteiger partial charge on any atom is 0.256 e. The van der Waals surface area contributed by atoms with Gasteiger partial charge in [0, 0.05) is 18.3 Å². The first-order valence-corrected chi connectivity index (χ1v) is 6.15. The first-order chi connectivity index (χ1) is 9.11. The van der Waals surface area contributed by atoms with Crippen molar-refractivity contribution in [2.24, 2.45) is 0 Å². The minimum absolute atomic E-state index is 0.0102. The van der Waals surface area contributed by atoms with E-state index in [4.69, 9.17) is 4.74 Å². The van der Waals surface area contributed by atoms with Crippen LogP contribution in [0, 0.1) is 19.7 Å². The van der Waals surface area contributed by atoms with Crippen molar-refractivity contribution in [3.63, 3.8) is 0 Å². The lowest BCUT2D eigenvalue weighted by Gasteiger charge is -2.10. The van der Waals surface area contributed by atoms with Crippen molar-refractivity contribution >= 4 is 0 Å². The molecular formula is C15H17FN2O. The average molecular weight is 260 g/mol. The molecule has 100 valence electrons. The third-order valence-corrected chi connectivity index (χ3v) is 3.00. The van der Waals surface area contributed by atoms with Crippen molar-refractivity contribution in [2.45, 2.75) is 20.4 Å². The average Bonchev–Trinajstić information content (AvgIpc) is 2.39. The molecule has 0 atom stereocenters. The summed E-state index contributed by atoms with van der Waals surface area (Å²) in [6, 6.07) is 7.27. The Labute approximate surface area is 112 Å². The minimum Gasteiger partial charge on any atom is -0.436 e. The largest absolute Gasteiger partial charge is 0.436 e. The van der Waals surface area contributed by atoms with Crippen molar-refractivity contribution in [1.82, 2.24) is 10.3 Å². The molecule has 1 heterocycles. The summed E-state index contributed by atoms with van der Waals surface area (Å²) in [6.07, 6.45) is 1.55. The molecule has 0 spiro atoms. The molecule has 0 bridgehead atoms. The second-order valence-corrected chi connectivity index (χ2v) is 4.47. The number of aromatic nitrogens is 1. The summed E-state index contributed by atoms with van der Waals surface area (Å²) in [5.41, 5.74) is 2.81. The highest BCUT2D eigenvalue weighted by molar-refractivity contribution is 5.36. The van der Waals surface area contributed by atoms with Crippen molar-refractivity contribution in [3.8, 4) is 11.6 Å². The van der Waals surface area contributed by atoms with Gasteiger partial charge in [-0.05, 0) is 50.2 Å². The first kappa shape index (κ1) is 13.5. The summed E-state index contributed by atoms with van der Waals surface area (Å²) in [5.74, 6) is 0.183. The van der Waals surface area contributed by atoms with Crippen LogP contribution in [0.5, 0.6) is 11.6 Å². The topological polar surface area (TPSA) is 34.2 Å². The Morgan fingerprint density at radius 2 is 2.00 bits per heavy atom. The lowest BCUT2D eigenvalue weighted by Crippen LogP contribution is -2.08. The highest BCUT2D eigenvalue weighted by atomic mass is 19.1. The molecule has 0 saturated heterocycles. The summed E-state index contributed by atoms with van der Waals surface area (Å²) >= 11 is 0. The molecule has 4 heteroatoms. The number of pyridine rings is 1. The van der Waals surface area contributed by atoms with Gasteiger partial charge in [0.15, 0.2) is 5.82 Å². The zero-order chi connectivity index (χ0) is 13.8. The van der Waals surface area contributed by atoms with Crippen molar-refractivity contribution in [3.05, 3.63) is 53.0 Å². The van der Waals surface area contributed by atoms with E-state index in [1.165, 1.54) is 5.56 Å². The second kappa shape index (κ2) is 5.80. The van der Waals surface area contributed by atoms with Gasteiger partial charge in [0.05, 0.1) is 0 Å². The predicted molar refractivity (Wildman–Crippen MR) is 72.9 cm³/mol. The first-order valence-electron chi connectivity index (χ1n) is 6.15. The molecule has 2 aromatic rings. The summed E-state index contributed by atoms with van der Waals surface area (Å²) in [5, 5.41) is 2.91. The molecule has 1 aromatic carbocycles. The van der Waals surface area contributed by atoms with E-state index in [0.29, 0.717) is 17.9 Å². The number of nitrogens with one attached hydrogen (secondary N) is 1. The molecule has 0 amide bonds.